The first-order valence-corrected chi connectivity index (χ1v) is 7.21. The van der Waals surface area contributed by atoms with E-state index in [-0.39, 0.29) is 12.0 Å². The molecule has 0 saturated heterocycles. The summed E-state index contributed by atoms with van der Waals surface area (Å²) in [5.74, 6) is 0.446. The van der Waals surface area contributed by atoms with Crippen molar-refractivity contribution in [2.75, 3.05) is 6.61 Å². The highest BCUT2D eigenvalue weighted by Gasteiger charge is 2.33. The predicted octanol–water partition coefficient (Wildman–Crippen LogP) is 3.64. The summed E-state index contributed by atoms with van der Waals surface area (Å²) in [7, 11) is 0. The van der Waals surface area contributed by atoms with Gasteiger partial charge in [-0.15, -0.1) is 0 Å². The fraction of sp³-hybridized carbons (Fsp3) is 0.533. The maximum atomic E-state index is 9.60. The zero-order valence-electron chi connectivity index (χ0n) is 11.1. The standard InChI is InChI=1S/C15H19ClN2O/c1-15(9-19)4-2-3-11(7-15)14-6-12(16)5-13-8-17-10-18(13)14/h5-6,8,10-11,19H,2-4,7,9H2,1H3. The number of rotatable bonds is 2. The molecule has 3 rings (SSSR count). The summed E-state index contributed by atoms with van der Waals surface area (Å²) in [6, 6.07) is 3.98. The molecule has 0 amide bonds. The van der Waals surface area contributed by atoms with Gasteiger partial charge in [0.15, 0.2) is 0 Å². The third kappa shape index (κ3) is 2.37. The monoisotopic (exact) mass is 278 g/mol. The smallest absolute Gasteiger partial charge is 0.0994 e. The Morgan fingerprint density at radius 3 is 3.16 bits per heavy atom. The molecule has 1 aliphatic carbocycles. The second-order valence-corrected chi connectivity index (χ2v) is 6.49. The Bertz CT molecular complexity index is 595. The van der Waals surface area contributed by atoms with E-state index in [9.17, 15) is 5.11 Å². The number of hydrogen-bond donors (Lipinski definition) is 1. The van der Waals surface area contributed by atoms with Gasteiger partial charge >= 0.3 is 0 Å². The molecule has 2 aromatic heterocycles. The van der Waals surface area contributed by atoms with Crippen LogP contribution in [0.25, 0.3) is 5.52 Å². The summed E-state index contributed by atoms with van der Waals surface area (Å²) in [5.41, 5.74) is 2.30. The van der Waals surface area contributed by atoms with Crippen molar-refractivity contribution in [3.8, 4) is 0 Å². The van der Waals surface area contributed by atoms with Crippen molar-refractivity contribution in [2.24, 2.45) is 5.41 Å². The highest BCUT2D eigenvalue weighted by molar-refractivity contribution is 6.31. The molecule has 0 radical (unpaired) electrons. The maximum absolute atomic E-state index is 9.60. The van der Waals surface area contributed by atoms with Gasteiger partial charge in [-0.1, -0.05) is 24.9 Å². The molecule has 1 N–H and O–H groups in total. The Morgan fingerprint density at radius 1 is 1.53 bits per heavy atom. The van der Waals surface area contributed by atoms with Crippen molar-refractivity contribution in [1.29, 1.82) is 0 Å². The largest absolute Gasteiger partial charge is 0.396 e. The van der Waals surface area contributed by atoms with E-state index in [1.165, 1.54) is 5.69 Å². The van der Waals surface area contributed by atoms with Crippen LogP contribution in [0.5, 0.6) is 0 Å². The average Bonchev–Trinajstić information content (AvgIpc) is 2.86. The zero-order chi connectivity index (χ0) is 13.5. The topological polar surface area (TPSA) is 37.5 Å². The van der Waals surface area contributed by atoms with E-state index in [4.69, 9.17) is 11.6 Å². The molecule has 102 valence electrons. The number of aromatic nitrogens is 2. The van der Waals surface area contributed by atoms with Crippen molar-refractivity contribution in [3.63, 3.8) is 0 Å². The van der Waals surface area contributed by atoms with Gasteiger partial charge in [0.05, 0.1) is 18.0 Å². The minimum Gasteiger partial charge on any atom is -0.396 e. The molecular formula is C15H19ClN2O. The molecule has 2 unspecified atom stereocenters. The molecule has 0 aliphatic heterocycles. The first kappa shape index (κ1) is 12.9. The molecule has 1 saturated carbocycles. The Morgan fingerprint density at radius 2 is 2.37 bits per heavy atom. The van der Waals surface area contributed by atoms with Crippen LogP contribution in [0, 0.1) is 5.41 Å². The lowest BCUT2D eigenvalue weighted by Gasteiger charge is -2.37. The summed E-state index contributed by atoms with van der Waals surface area (Å²) >= 11 is 6.21. The van der Waals surface area contributed by atoms with E-state index >= 15 is 0 Å². The maximum Gasteiger partial charge on any atom is 0.0994 e. The summed E-state index contributed by atoms with van der Waals surface area (Å²) in [5, 5.41) is 10.4. The second-order valence-electron chi connectivity index (χ2n) is 6.05. The van der Waals surface area contributed by atoms with Gasteiger partial charge in [0.25, 0.3) is 0 Å². The number of pyridine rings is 1. The highest BCUT2D eigenvalue weighted by atomic mass is 35.5. The Kier molecular flexibility index (Phi) is 3.27. The Balaban J connectivity index is 2.01. The number of halogens is 1. The Labute approximate surface area is 118 Å². The molecule has 0 bridgehead atoms. The fourth-order valence-electron chi connectivity index (χ4n) is 3.31. The van der Waals surface area contributed by atoms with Crippen molar-refractivity contribution >= 4 is 17.1 Å². The first-order chi connectivity index (χ1) is 9.11. The molecule has 1 aliphatic rings. The molecule has 2 atom stereocenters. The fourth-order valence-corrected chi connectivity index (χ4v) is 3.53. The molecule has 0 aromatic carbocycles. The summed E-state index contributed by atoms with van der Waals surface area (Å²) < 4.78 is 2.12. The van der Waals surface area contributed by atoms with E-state index in [0.717, 1.165) is 36.2 Å². The predicted molar refractivity (Wildman–Crippen MR) is 76.6 cm³/mol. The van der Waals surface area contributed by atoms with E-state index in [1.807, 2.05) is 24.7 Å². The summed E-state index contributed by atoms with van der Waals surface area (Å²) in [6.07, 6.45) is 8.12. The van der Waals surface area contributed by atoms with Crippen LogP contribution < -0.4 is 0 Å². The molecule has 2 aromatic rings. The van der Waals surface area contributed by atoms with Crippen molar-refractivity contribution < 1.29 is 5.11 Å². The third-order valence-electron chi connectivity index (χ3n) is 4.39. The van der Waals surface area contributed by atoms with Gasteiger partial charge < -0.3 is 9.51 Å². The van der Waals surface area contributed by atoms with Gasteiger partial charge in [-0.25, -0.2) is 4.98 Å². The molecule has 1 fully saturated rings. The minimum absolute atomic E-state index is 0.0398. The normalized spacial score (nSPS) is 27.8. The second kappa shape index (κ2) is 4.80. The molecular weight excluding hydrogens is 260 g/mol. The number of hydrogen-bond acceptors (Lipinski definition) is 2. The molecule has 19 heavy (non-hydrogen) atoms. The van der Waals surface area contributed by atoms with Gasteiger partial charge in [-0.3, -0.25) is 0 Å². The van der Waals surface area contributed by atoms with Crippen molar-refractivity contribution in [3.05, 3.63) is 35.4 Å². The van der Waals surface area contributed by atoms with Crippen LogP contribution in [-0.4, -0.2) is 21.1 Å². The van der Waals surface area contributed by atoms with E-state index in [2.05, 4.69) is 16.3 Å². The minimum atomic E-state index is 0.0398. The highest BCUT2D eigenvalue weighted by Crippen LogP contribution is 2.43. The van der Waals surface area contributed by atoms with Crippen LogP contribution in [0.15, 0.2) is 24.7 Å². The van der Waals surface area contributed by atoms with Crippen LogP contribution in [-0.2, 0) is 0 Å². The van der Waals surface area contributed by atoms with E-state index < -0.39 is 0 Å². The lowest BCUT2D eigenvalue weighted by molar-refractivity contribution is 0.0895. The average molecular weight is 279 g/mol. The summed E-state index contributed by atoms with van der Waals surface area (Å²) in [4.78, 5) is 4.21. The lowest BCUT2D eigenvalue weighted by atomic mass is 9.70. The van der Waals surface area contributed by atoms with Gasteiger partial charge in [-0.2, -0.15) is 0 Å². The number of aliphatic hydroxyl groups is 1. The lowest BCUT2D eigenvalue weighted by Crippen LogP contribution is -2.29. The van der Waals surface area contributed by atoms with Crippen molar-refractivity contribution in [2.45, 2.75) is 38.5 Å². The molecule has 3 nitrogen and oxygen atoms in total. The van der Waals surface area contributed by atoms with Gasteiger partial charge in [0.2, 0.25) is 0 Å². The summed E-state index contributed by atoms with van der Waals surface area (Å²) in [6.45, 7) is 2.44. The van der Waals surface area contributed by atoms with Crippen LogP contribution in [0.2, 0.25) is 5.02 Å². The number of aliphatic hydroxyl groups excluding tert-OH is 1. The number of nitrogens with zero attached hydrogens (tertiary/aromatic N) is 2. The quantitative estimate of drug-likeness (QED) is 0.911. The Hall–Kier alpha value is -1.06. The van der Waals surface area contributed by atoms with E-state index in [0.29, 0.717) is 5.92 Å². The zero-order valence-corrected chi connectivity index (χ0v) is 11.9. The molecule has 4 heteroatoms. The number of fused-ring (bicyclic) bond motifs is 1. The first-order valence-electron chi connectivity index (χ1n) is 6.84. The van der Waals surface area contributed by atoms with Gasteiger partial charge in [-0.05, 0) is 36.8 Å². The van der Waals surface area contributed by atoms with Gasteiger partial charge in [0, 0.05) is 23.2 Å². The van der Waals surface area contributed by atoms with Crippen LogP contribution in [0.4, 0.5) is 0 Å². The van der Waals surface area contributed by atoms with E-state index in [1.54, 1.807) is 0 Å². The molecule has 2 heterocycles. The SMILES string of the molecule is CC1(CO)CCCC(c2cc(Cl)cc3cncn23)C1. The van der Waals surface area contributed by atoms with Crippen LogP contribution >= 0.6 is 11.6 Å². The van der Waals surface area contributed by atoms with Crippen molar-refractivity contribution in [1.82, 2.24) is 9.38 Å². The van der Waals surface area contributed by atoms with Crippen LogP contribution in [0.3, 0.4) is 0 Å². The molecule has 0 spiro atoms. The van der Waals surface area contributed by atoms with Crippen LogP contribution in [0.1, 0.15) is 44.2 Å². The third-order valence-corrected chi connectivity index (χ3v) is 4.61. The van der Waals surface area contributed by atoms with Gasteiger partial charge in [0.1, 0.15) is 0 Å². The number of imidazole rings is 1.